The molecule has 250 valence electrons. The summed E-state index contributed by atoms with van der Waals surface area (Å²) in [6, 6.07) is 6.16. The van der Waals surface area contributed by atoms with Crippen molar-refractivity contribution in [1.29, 1.82) is 0 Å². The number of benzene rings is 1. The zero-order valence-electron chi connectivity index (χ0n) is 26.8. The molecule has 5 saturated carbocycles. The van der Waals surface area contributed by atoms with Gasteiger partial charge in [0.2, 0.25) is 0 Å². The van der Waals surface area contributed by atoms with Gasteiger partial charge >= 0.3 is 5.97 Å². The van der Waals surface area contributed by atoms with Crippen molar-refractivity contribution in [3.8, 4) is 5.75 Å². The van der Waals surface area contributed by atoms with E-state index < -0.39 is 82.4 Å². The highest BCUT2D eigenvalue weighted by Gasteiger charge is 2.91. The molecule has 0 amide bonds. The number of carbonyl (C=O) groups is 1. The van der Waals surface area contributed by atoms with E-state index in [0.29, 0.717) is 25.3 Å². The van der Waals surface area contributed by atoms with E-state index in [1.165, 1.54) is 14.2 Å². The zero-order valence-corrected chi connectivity index (χ0v) is 26.8. The highest BCUT2D eigenvalue weighted by Crippen LogP contribution is 2.80. The highest BCUT2D eigenvalue weighted by molar-refractivity contribution is 5.89. The van der Waals surface area contributed by atoms with Crippen LogP contribution in [0.5, 0.6) is 5.75 Å². The van der Waals surface area contributed by atoms with Gasteiger partial charge in [0.1, 0.15) is 35.3 Å². The number of aliphatic hydroxyl groups excluding tert-OH is 2. The minimum atomic E-state index is -1.88. The summed E-state index contributed by atoms with van der Waals surface area (Å²) in [4.78, 5) is 16.0. The van der Waals surface area contributed by atoms with Crippen LogP contribution in [0.4, 0.5) is 0 Å². The van der Waals surface area contributed by atoms with E-state index in [4.69, 9.17) is 28.4 Å². The smallest absolute Gasteiger partial charge is 0.338 e. The molecule has 12 nitrogen and oxygen atoms in total. The quantitative estimate of drug-likeness (QED) is 0.272. The number of hydrogen-bond donors (Lipinski definition) is 4. The summed E-state index contributed by atoms with van der Waals surface area (Å²) in [5.74, 6) is -2.50. The fraction of sp³-hybridized carbons (Fsp3) is 0.788. The van der Waals surface area contributed by atoms with E-state index in [0.717, 1.165) is 0 Å². The third-order valence-electron chi connectivity index (χ3n) is 13.2. The lowest BCUT2D eigenvalue weighted by Crippen LogP contribution is -2.81. The second kappa shape index (κ2) is 10.6. The summed E-state index contributed by atoms with van der Waals surface area (Å²) in [5.41, 5.74) is -4.96. The van der Waals surface area contributed by atoms with E-state index >= 15 is 0 Å². The largest absolute Gasteiger partial charge is 0.497 e. The number of likely N-dealkylation sites (tertiary alicyclic amines) is 1. The Morgan fingerprint density at radius 3 is 2.27 bits per heavy atom. The molecule has 15 unspecified atom stereocenters. The van der Waals surface area contributed by atoms with Gasteiger partial charge in [0.05, 0.1) is 37.6 Å². The predicted octanol–water partition coefficient (Wildman–Crippen LogP) is 0.0859. The topological polar surface area (TPSA) is 157 Å². The number of methoxy groups -OCH3 is 5. The van der Waals surface area contributed by atoms with E-state index in [-0.39, 0.29) is 30.6 Å². The van der Waals surface area contributed by atoms with Crippen molar-refractivity contribution in [1.82, 2.24) is 4.90 Å². The van der Waals surface area contributed by atoms with E-state index in [9.17, 15) is 25.2 Å². The Morgan fingerprint density at radius 2 is 1.69 bits per heavy atom. The minimum Gasteiger partial charge on any atom is -0.497 e. The zero-order chi connectivity index (χ0) is 32.3. The van der Waals surface area contributed by atoms with Crippen molar-refractivity contribution in [2.24, 2.45) is 34.5 Å². The van der Waals surface area contributed by atoms with Gasteiger partial charge in [-0.15, -0.1) is 0 Å². The van der Waals surface area contributed by atoms with Crippen molar-refractivity contribution < 1.29 is 53.6 Å². The Labute approximate surface area is 263 Å². The molecule has 15 atom stereocenters. The summed E-state index contributed by atoms with van der Waals surface area (Å²) in [6.07, 6.45) is -5.43. The van der Waals surface area contributed by atoms with Gasteiger partial charge in [-0.1, -0.05) is 6.92 Å². The molecule has 1 aromatic rings. The molecule has 1 saturated heterocycles. The number of ether oxygens (including phenoxy) is 6. The number of nitrogens with zero attached hydrogens (tertiary/aromatic N) is 1. The molecular formula is C33H47NO11. The fourth-order valence-electron chi connectivity index (χ4n) is 12.1. The first-order chi connectivity index (χ1) is 21.5. The average Bonchev–Trinajstić information content (AvgIpc) is 3.42. The number of esters is 1. The van der Waals surface area contributed by atoms with Crippen molar-refractivity contribution >= 4 is 5.97 Å². The predicted molar refractivity (Wildman–Crippen MR) is 157 cm³/mol. The SMILES string of the molecule is CCN1CC2(COC)C(O)CC(OC)C34C5CC6(O)C(OC)C(O)C(O)(C5C6OC(=O)c5ccc(OC)cc5)C(C(OC)C23)C14. The van der Waals surface area contributed by atoms with Crippen LogP contribution in [-0.2, 0) is 23.7 Å². The number of rotatable bonds is 9. The molecule has 1 aliphatic heterocycles. The molecule has 7 bridgehead atoms. The molecule has 6 aliphatic rings. The molecule has 45 heavy (non-hydrogen) atoms. The summed E-state index contributed by atoms with van der Waals surface area (Å²) in [5, 5.41) is 49.9. The number of fused-ring (bicyclic) bond motifs is 2. The standard InChI is InChI=1S/C33H47NO11/c1-7-34-14-30(15-40-2)19(35)12-20(42-4)32-18-13-31(38)27(45-29(37)16-8-10-17(41-3)11-9-16)21(18)33(39,26(36)28(31)44-6)22(25(32)34)23(43-5)24(30)32/h8-11,18-28,35-36,38-39H,7,12-15H2,1-6H3. The Bertz CT molecular complexity index is 1310. The van der Waals surface area contributed by atoms with Gasteiger partial charge in [-0.05, 0) is 43.1 Å². The number of hydrogen-bond acceptors (Lipinski definition) is 12. The van der Waals surface area contributed by atoms with E-state index in [2.05, 4.69) is 4.90 Å². The van der Waals surface area contributed by atoms with Crippen LogP contribution in [0.15, 0.2) is 24.3 Å². The van der Waals surface area contributed by atoms with Gasteiger partial charge in [-0.25, -0.2) is 4.79 Å². The molecule has 1 spiro atoms. The van der Waals surface area contributed by atoms with Crippen LogP contribution in [0.25, 0.3) is 0 Å². The average molecular weight is 634 g/mol. The van der Waals surface area contributed by atoms with Gasteiger partial charge in [-0.3, -0.25) is 4.90 Å². The normalized spacial score (nSPS) is 50.8. The Balaban J connectivity index is 1.45. The third-order valence-corrected chi connectivity index (χ3v) is 13.2. The first-order valence-electron chi connectivity index (χ1n) is 16.0. The second-order valence-electron chi connectivity index (χ2n) is 14.2. The molecule has 0 radical (unpaired) electrons. The lowest BCUT2D eigenvalue weighted by atomic mass is 9.42. The van der Waals surface area contributed by atoms with Crippen molar-refractivity contribution in [3.05, 3.63) is 29.8 Å². The molecule has 4 N–H and O–H groups in total. The van der Waals surface area contributed by atoms with Crippen LogP contribution in [0, 0.1) is 34.5 Å². The fourth-order valence-corrected chi connectivity index (χ4v) is 12.1. The van der Waals surface area contributed by atoms with Crippen molar-refractivity contribution in [2.45, 2.75) is 73.6 Å². The number of piperidine rings is 1. The molecule has 1 aromatic carbocycles. The molecule has 1 heterocycles. The maximum atomic E-state index is 13.7. The number of carbonyl (C=O) groups excluding carboxylic acids is 1. The lowest BCUT2D eigenvalue weighted by molar-refractivity contribution is -0.320. The lowest BCUT2D eigenvalue weighted by Gasteiger charge is -2.70. The molecule has 5 aliphatic carbocycles. The van der Waals surface area contributed by atoms with Gasteiger partial charge in [-0.2, -0.15) is 0 Å². The maximum absolute atomic E-state index is 13.7. The van der Waals surface area contributed by atoms with Crippen LogP contribution in [0.1, 0.15) is 30.1 Å². The second-order valence-corrected chi connectivity index (χ2v) is 14.2. The van der Waals surface area contributed by atoms with Crippen LogP contribution in [0.3, 0.4) is 0 Å². The first kappa shape index (κ1) is 31.7. The van der Waals surface area contributed by atoms with Crippen LogP contribution in [-0.4, -0.2) is 140 Å². The van der Waals surface area contributed by atoms with E-state index in [1.54, 1.807) is 45.6 Å². The van der Waals surface area contributed by atoms with Crippen molar-refractivity contribution in [3.63, 3.8) is 0 Å². The third kappa shape index (κ3) is 3.56. The molecule has 0 aromatic heterocycles. The monoisotopic (exact) mass is 633 g/mol. The molecular weight excluding hydrogens is 586 g/mol. The van der Waals surface area contributed by atoms with Gasteiger partial charge in [0.15, 0.2) is 0 Å². The minimum absolute atomic E-state index is 0.0861. The number of aliphatic hydroxyl groups is 4. The molecule has 7 rings (SSSR count). The molecule has 12 heteroatoms. The summed E-state index contributed by atoms with van der Waals surface area (Å²) >= 11 is 0. The first-order valence-corrected chi connectivity index (χ1v) is 16.0. The van der Waals surface area contributed by atoms with Crippen LogP contribution < -0.4 is 4.74 Å². The van der Waals surface area contributed by atoms with Gasteiger partial charge in [0.25, 0.3) is 0 Å². The van der Waals surface area contributed by atoms with Crippen LogP contribution >= 0.6 is 0 Å². The van der Waals surface area contributed by atoms with Gasteiger partial charge < -0.3 is 48.8 Å². The highest BCUT2D eigenvalue weighted by atomic mass is 16.6. The van der Waals surface area contributed by atoms with E-state index in [1.807, 2.05) is 6.92 Å². The van der Waals surface area contributed by atoms with Crippen molar-refractivity contribution in [2.75, 3.05) is 55.2 Å². The van der Waals surface area contributed by atoms with Crippen LogP contribution in [0.2, 0.25) is 0 Å². The Kier molecular flexibility index (Phi) is 7.45. The summed E-state index contributed by atoms with van der Waals surface area (Å²) in [6.45, 7) is 3.43. The Morgan fingerprint density at radius 1 is 0.978 bits per heavy atom. The summed E-state index contributed by atoms with van der Waals surface area (Å²) < 4.78 is 35.8. The van der Waals surface area contributed by atoms with Gasteiger partial charge in [0, 0.05) is 76.0 Å². The Hall–Kier alpha value is -1.87. The summed E-state index contributed by atoms with van der Waals surface area (Å²) in [7, 11) is 7.80. The molecule has 6 fully saturated rings. The maximum Gasteiger partial charge on any atom is 0.338 e.